The van der Waals surface area contributed by atoms with E-state index in [2.05, 4.69) is 12.6 Å². The maximum Gasteiger partial charge on any atom is 0.310 e. The van der Waals surface area contributed by atoms with Crippen LogP contribution in [0.2, 0.25) is 0 Å². The molecule has 0 radical (unpaired) electrons. The second-order valence-electron chi connectivity index (χ2n) is 3.31. The van der Waals surface area contributed by atoms with Crippen LogP contribution >= 0.6 is 12.6 Å². The van der Waals surface area contributed by atoms with Crippen LogP contribution in [0.25, 0.3) is 0 Å². The number of carbonyl (C=O) groups excluding carboxylic acids is 1. The molecule has 1 aromatic carbocycles. The fourth-order valence-corrected chi connectivity index (χ4v) is 1.77. The fourth-order valence-electron chi connectivity index (χ4n) is 1.41. The number of nitro groups is 1. The van der Waals surface area contributed by atoms with Crippen molar-refractivity contribution in [1.82, 2.24) is 0 Å². The van der Waals surface area contributed by atoms with E-state index in [-0.39, 0.29) is 34.7 Å². The summed E-state index contributed by atoms with van der Waals surface area (Å²) in [4.78, 5) is 21.5. The standard InChI is InChI=1S/C11H10N2O4S/c1-2-17-10(14)5-8-7(6-12)3-4-9(11(8)18)13(15)16/h3-4,18H,2,5H2,1H3. The first kappa shape index (κ1) is 14.0. The summed E-state index contributed by atoms with van der Waals surface area (Å²) >= 11 is 4.02. The predicted octanol–water partition coefficient (Wildman–Crippen LogP) is 1.86. The van der Waals surface area contributed by atoms with Gasteiger partial charge in [-0.3, -0.25) is 14.9 Å². The predicted molar refractivity (Wildman–Crippen MR) is 65.4 cm³/mol. The van der Waals surface area contributed by atoms with Crippen molar-refractivity contribution < 1.29 is 14.5 Å². The molecule has 0 spiro atoms. The van der Waals surface area contributed by atoms with Crippen molar-refractivity contribution in [3.8, 4) is 6.07 Å². The Morgan fingerprint density at radius 2 is 2.28 bits per heavy atom. The maximum atomic E-state index is 11.4. The quantitative estimate of drug-likeness (QED) is 0.388. The average Bonchev–Trinajstić information content (AvgIpc) is 2.31. The molecular weight excluding hydrogens is 256 g/mol. The van der Waals surface area contributed by atoms with E-state index in [4.69, 9.17) is 10.00 Å². The van der Waals surface area contributed by atoms with E-state index in [1.54, 1.807) is 6.92 Å². The first-order valence-electron chi connectivity index (χ1n) is 5.06. The topological polar surface area (TPSA) is 93.2 Å². The second-order valence-corrected chi connectivity index (χ2v) is 3.76. The number of ether oxygens (including phenoxy) is 1. The molecule has 0 N–H and O–H groups in total. The summed E-state index contributed by atoms with van der Waals surface area (Å²) in [7, 11) is 0. The van der Waals surface area contributed by atoms with E-state index in [9.17, 15) is 14.9 Å². The molecule has 0 aliphatic heterocycles. The lowest BCUT2D eigenvalue weighted by Gasteiger charge is -2.07. The average molecular weight is 266 g/mol. The molecule has 0 unspecified atom stereocenters. The van der Waals surface area contributed by atoms with Crippen molar-refractivity contribution in [2.45, 2.75) is 18.2 Å². The largest absolute Gasteiger partial charge is 0.466 e. The van der Waals surface area contributed by atoms with Crippen molar-refractivity contribution in [1.29, 1.82) is 5.26 Å². The number of nitriles is 1. The highest BCUT2D eigenvalue weighted by Crippen LogP contribution is 2.29. The van der Waals surface area contributed by atoms with Gasteiger partial charge in [-0.2, -0.15) is 5.26 Å². The number of nitrogens with zero attached hydrogens (tertiary/aromatic N) is 2. The van der Waals surface area contributed by atoms with E-state index in [1.807, 2.05) is 6.07 Å². The molecule has 0 bridgehead atoms. The van der Waals surface area contributed by atoms with Crippen LogP contribution in [0.5, 0.6) is 0 Å². The van der Waals surface area contributed by atoms with Gasteiger partial charge in [0.25, 0.3) is 5.69 Å². The zero-order chi connectivity index (χ0) is 13.7. The summed E-state index contributed by atoms with van der Waals surface area (Å²) < 4.78 is 4.75. The molecule has 1 rings (SSSR count). The van der Waals surface area contributed by atoms with Crippen molar-refractivity contribution >= 4 is 24.3 Å². The molecule has 0 saturated heterocycles. The van der Waals surface area contributed by atoms with Crippen LogP contribution in [-0.4, -0.2) is 17.5 Å². The van der Waals surface area contributed by atoms with Gasteiger partial charge in [0.15, 0.2) is 0 Å². The number of thiol groups is 1. The van der Waals surface area contributed by atoms with Gasteiger partial charge in [-0.1, -0.05) is 0 Å². The van der Waals surface area contributed by atoms with E-state index in [0.29, 0.717) is 0 Å². The van der Waals surface area contributed by atoms with E-state index in [1.165, 1.54) is 12.1 Å². The molecule has 18 heavy (non-hydrogen) atoms. The van der Waals surface area contributed by atoms with Gasteiger partial charge in [0, 0.05) is 11.6 Å². The Morgan fingerprint density at radius 1 is 1.61 bits per heavy atom. The normalized spacial score (nSPS) is 9.61. The molecular formula is C11H10N2O4S. The van der Waals surface area contributed by atoms with Crippen LogP contribution < -0.4 is 0 Å². The minimum Gasteiger partial charge on any atom is -0.466 e. The molecule has 0 heterocycles. The highest BCUT2D eigenvalue weighted by molar-refractivity contribution is 7.80. The second kappa shape index (κ2) is 6.02. The van der Waals surface area contributed by atoms with Crippen LogP contribution in [0.3, 0.4) is 0 Å². The number of rotatable bonds is 4. The molecule has 0 aromatic heterocycles. The summed E-state index contributed by atoms with van der Waals surface area (Å²) in [6.45, 7) is 1.86. The Morgan fingerprint density at radius 3 is 2.78 bits per heavy atom. The smallest absolute Gasteiger partial charge is 0.310 e. The van der Waals surface area contributed by atoms with Crippen molar-refractivity contribution in [2.75, 3.05) is 6.61 Å². The van der Waals surface area contributed by atoms with Crippen LogP contribution in [0.4, 0.5) is 5.69 Å². The Kier molecular flexibility index (Phi) is 4.68. The molecule has 7 heteroatoms. The zero-order valence-corrected chi connectivity index (χ0v) is 10.4. The maximum absolute atomic E-state index is 11.4. The fraction of sp³-hybridized carbons (Fsp3) is 0.273. The van der Waals surface area contributed by atoms with Crippen molar-refractivity contribution in [3.05, 3.63) is 33.4 Å². The first-order chi connectivity index (χ1) is 8.51. The first-order valence-corrected chi connectivity index (χ1v) is 5.51. The highest BCUT2D eigenvalue weighted by atomic mass is 32.1. The van der Waals surface area contributed by atoms with E-state index in [0.717, 1.165) is 0 Å². The van der Waals surface area contributed by atoms with Gasteiger partial charge < -0.3 is 4.74 Å². The van der Waals surface area contributed by atoms with Gasteiger partial charge in [-0.25, -0.2) is 0 Å². The number of hydrogen-bond donors (Lipinski definition) is 1. The third-order valence-corrected chi connectivity index (χ3v) is 2.70. The molecule has 0 saturated carbocycles. The lowest BCUT2D eigenvalue weighted by Crippen LogP contribution is -2.10. The van der Waals surface area contributed by atoms with E-state index < -0.39 is 10.9 Å². The molecule has 0 atom stereocenters. The minimum atomic E-state index is -0.613. The summed E-state index contributed by atoms with van der Waals surface area (Å²) in [6.07, 6.45) is -0.211. The molecule has 6 nitrogen and oxygen atoms in total. The molecule has 0 aliphatic carbocycles. The third kappa shape index (κ3) is 2.99. The van der Waals surface area contributed by atoms with Crippen LogP contribution in [0.1, 0.15) is 18.1 Å². The molecule has 0 amide bonds. The van der Waals surface area contributed by atoms with Gasteiger partial charge >= 0.3 is 5.97 Å². The van der Waals surface area contributed by atoms with Crippen LogP contribution in [-0.2, 0) is 16.0 Å². The monoisotopic (exact) mass is 266 g/mol. The van der Waals surface area contributed by atoms with Gasteiger partial charge in [-0.05, 0) is 13.0 Å². The van der Waals surface area contributed by atoms with E-state index >= 15 is 0 Å². The Labute approximate surface area is 109 Å². The summed E-state index contributed by atoms with van der Waals surface area (Å²) in [6, 6.07) is 4.36. The number of nitro benzene ring substituents is 1. The Hall–Kier alpha value is -2.07. The Balaban J connectivity index is 3.22. The van der Waals surface area contributed by atoms with Gasteiger partial charge in [0.2, 0.25) is 0 Å². The number of hydrogen-bond acceptors (Lipinski definition) is 6. The zero-order valence-electron chi connectivity index (χ0n) is 9.54. The lowest BCUT2D eigenvalue weighted by molar-refractivity contribution is -0.387. The van der Waals surface area contributed by atoms with Gasteiger partial charge in [0.1, 0.15) is 0 Å². The number of benzene rings is 1. The molecule has 1 aromatic rings. The number of carbonyl (C=O) groups is 1. The lowest BCUT2D eigenvalue weighted by atomic mass is 10.0. The van der Waals surface area contributed by atoms with Crippen molar-refractivity contribution in [3.63, 3.8) is 0 Å². The van der Waals surface area contributed by atoms with Crippen LogP contribution in [0.15, 0.2) is 17.0 Å². The minimum absolute atomic E-state index is 0.0205. The summed E-state index contributed by atoms with van der Waals surface area (Å²) in [5, 5.41) is 19.7. The highest BCUT2D eigenvalue weighted by Gasteiger charge is 2.20. The molecule has 94 valence electrons. The Bertz CT molecular complexity index is 537. The van der Waals surface area contributed by atoms with Gasteiger partial charge in [0.05, 0.1) is 34.5 Å². The summed E-state index contributed by atoms with van der Waals surface area (Å²) in [5.41, 5.74) is 0.156. The molecule has 0 fully saturated rings. The van der Waals surface area contributed by atoms with Crippen LogP contribution in [0, 0.1) is 21.4 Å². The van der Waals surface area contributed by atoms with Crippen molar-refractivity contribution in [2.24, 2.45) is 0 Å². The summed E-state index contributed by atoms with van der Waals surface area (Å²) in [5.74, 6) is -0.551. The number of esters is 1. The third-order valence-electron chi connectivity index (χ3n) is 2.21. The van der Waals surface area contributed by atoms with Gasteiger partial charge in [-0.15, -0.1) is 12.6 Å². The SMILES string of the molecule is CCOC(=O)Cc1c(C#N)ccc([N+](=O)[O-])c1S. The molecule has 0 aliphatic rings.